The summed E-state index contributed by atoms with van der Waals surface area (Å²) < 4.78 is 50.5. The second kappa shape index (κ2) is 38.3. The average Bonchev–Trinajstić information content (AvgIpc) is 4.26. The Morgan fingerprint density at radius 3 is 1.82 bits per heavy atom. The van der Waals surface area contributed by atoms with E-state index in [0.29, 0.717) is 78.7 Å². The van der Waals surface area contributed by atoms with Crippen molar-refractivity contribution in [2.45, 2.75) is 129 Å². The van der Waals surface area contributed by atoms with Crippen LogP contribution in [0.4, 0.5) is 0 Å². The van der Waals surface area contributed by atoms with Crippen LogP contribution in [0.5, 0.6) is 0 Å². The molecule has 0 bridgehead atoms. The fourth-order valence-electron chi connectivity index (χ4n) is 9.75. The quantitative estimate of drug-likeness (QED) is 0.0412. The lowest BCUT2D eigenvalue weighted by Crippen LogP contribution is -2.62. The van der Waals surface area contributed by atoms with Crippen LogP contribution in [0.1, 0.15) is 86.1 Å². The number of benzene rings is 1. The number of hydrogen-bond acceptors (Lipinski definition) is 17. The van der Waals surface area contributed by atoms with Gasteiger partial charge in [-0.15, -0.1) is 0 Å². The Bertz CT molecular complexity index is 2200. The van der Waals surface area contributed by atoms with Crippen LogP contribution < -0.4 is 10.6 Å². The van der Waals surface area contributed by atoms with Gasteiger partial charge in [0, 0.05) is 53.4 Å². The number of esters is 1. The van der Waals surface area contributed by atoms with Gasteiger partial charge in [-0.2, -0.15) is 0 Å². The lowest BCUT2D eigenvalue weighted by Gasteiger charge is -2.41. The second-order valence-corrected chi connectivity index (χ2v) is 21.6. The number of amides is 7. The molecule has 3 rings (SSSR count). The molecule has 23 heteroatoms. The van der Waals surface area contributed by atoms with Crippen LogP contribution in [0, 0.1) is 17.8 Å². The first kappa shape index (κ1) is 71.6. The third-order valence-corrected chi connectivity index (χ3v) is 15.2. The highest BCUT2D eigenvalue weighted by molar-refractivity contribution is 6.12. The van der Waals surface area contributed by atoms with Crippen molar-refractivity contribution in [2.75, 3.05) is 127 Å². The maximum Gasteiger partial charge on any atom is 0.329 e. The van der Waals surface area contributed by atoms with Gasteiger partial charge in [0.15, 0.2) is 0 Å². The molecular weight excluding hydrogens is 1080 g/mol. The number of likely N-dealkylation sites (N-methyl/N-ethyl adjacent to an activating group) is 2. The Labute approximate surface area is 491 Å². The predicted molar refractivity (Wildman–Crippen MR) is 308 cm³/mol. The lowest BCUT2D eigenvalue weighted by molar-refractivity contribution is -0.150. The summed E-state index contributed by atoms with van der Waals surface area (Å²) in [6.07, 6.45) is 4.48. The molecule has 1 fully saturated rings. The Morgan fingerprint density at radius 1 is 0.771 bits per heavy atom. The summed E-state index contributed by atoms with van der Waals surface area (Å²) in [5.74, 6) is -4.44. The molecule has 0 aliphatic carbocycles. The number of methoxy groups -OCH3 is 2. The van der Waals surface area contributed by atoms with Crippen LogP contribution in [0.25, 0.3) is 0 Å². The number of carbonyl (C=O) groups is 8. The molecular formula is C60H96N6O17. The largest absolute Gasteiger partial charge is 0.460 e. The first-order valence-electron chi connectivity index (χ1n) is 29.0. The average molecular weight is 1170 g/mol. The number of nitrogens with zero attached hydrogens (tertiary/aromatic N) is 4. The monoisotopic (exact) mass is 1170 g/mol. The number of nitrogens with one attached hydrogen (secondary N) is 2. The molecule has 0 spiro atoms. The summed E-state index contributed by atoms with van der Waals surface area (Å²) in [5.41, 5.74) is -0.521. The number of hydrogen-bond donors (Lipinski definition) is 2. The number of likely N-dealkylation sites (tertiary alicyclic amines) is 1. The van der Waals surface area contributed by atoms with Gasteiger partial charge < -0.3 is 68.0 Å². The molecule has 0 saturated carbocycles. The fraction of sp³-hybridized carbons (Fsp3) is 0.700. The van der Waals surface area contributed by atoms with E-state index in [-0.39, 0.29) is 100 Å². The second-order valence-electron chi connectivity index (χ2n) is 21.6. The van der Waals surface area contributed by atoms with E-state index in [1.165, 1.54) is 44.4 Å². The van der Waals surface area contributed by atoms with Crippen LogP contribution in [0.3, 0.4) is 0 Å². The molecule has 2 aliphatic heterocycles. The molecule has 0 aromatic heterocycles. The number of imide groups is 1. The summed E-state index contributed by atoms with van der Waals surface area (Å²) in [5, 5.41) is 5.82. The Hall–Kier alpha value is -5.66. The molecule has 468 valence electrons. The summed E-state index contributed by atoms with van der Waals surface area (Å²) in [7, 11) is 6.20. The third-order valence-electron chi connectivity index (χ3n) is 15.2. The molecule has 2 aliphatic rings. The van der Waals surface area contributed by atoms with Crippen molar-refractivity contribution in [1.82, 2.24) is 30.2 Å². The van der Waals surface area contributed by atoms with E-state index < -0.39 is 65.6 Å². The van der Waals surface area contributed by atoms with E-state index in [2.05, 4.69) is 17.2 Å². The van der Waals surface area contributed by atoms with Crippen molar-refractivity contribution < 1.29 is 81.0 Å². The molecule has 7 amide bonds. The zero-order valence-electron chi connectivity index (χ0n) is 51.1. The van der Waals surface area contributed by atoms with Gasteiger partial charge in [0.05, 0.1) is 129 Å². The molecule has 1 saturated heterocycles. The van der Waals surface area contributed by atoms with Crippen molar-refractivity contribution in [2.24, 2.45) is 17.8 Å². The van der Waals surface area contributed by atoms with Crippen LogP contribution in [0.15, 0.2) is 55.1 Å². The van der Waals surface area contributed by atoms with E-state index in [9.17, 15) is 38.4 Å². The summed E-state index contributed by atoms with van der Waals surface area (Å²) in [4.78, 5) is 112. The van der Waals surface area contributed by atoms with E-state index in [1.807, 2.05) is 58.0 Å². The topological polar surface area (TPSA) is 257 Å². The van der Waals surface area contributed by atoms with Gasteiger partial charge in [-0.1, -0.05) is 84.0 Å². The number of ether oxygens (including phenoxy) is 9. The standard InChI is InChI=1S/C60H96N6O17/c1-13-27-83-58(73)46(40-45-19-16-15-17-20-45)61-56(71)44(6)55(76-12)47-21-18-25-65(47)52(70)41-48(75-11)54(43(5)14-2)63(9)57(72)53(42(3)4)62-59(74)60(7,8)64(10)49(67)24-28-77-30-32-79-34-36-81-38-39-82-37-35-80-33-31-78-29-26-66-50(68)22-23-51(66)69/h13,15-17,19-20,22-23,42-44,46-48,53-55H,1,14,18,21,24-41H2,2-12H3,(H,61,71)(H,62,74)/t43-,44+,46-,47?,48+,53-,54-,55+/m0/s1. The zero-order chi connectivity index (χ0) is 61.5. The van der Waals surface area contributed by atoms with Crippen molar-refractivity contribution in [1.29, 1.82) is 0 Å². The van der Waals surface area contributed by atoms with E-state index in [0.717, 1.165) is 10.5 Å². The minimum Gasteiger partial charge on any atom is -0.460 e. The molecule has 1 unspecified atom stereocenters. The molecule has 1 aromatic carbocycles. The lowest BCUT2D eigenvalue weighted by atomic mass is 9.89. The normalized spacial score (nSPS) is 16.9. The molecule has 23 nitrogen and oxygen atoms in total. The van der Waals surface area contributed by atoms with Crippen LogP contribution in [-0.2, 0) is 87.4 Å². The Kier molecular flexibility index (Phi) is 33.1. The predicted octanol–water partition coefficient (Wildman–Crippen LogP) is 3.16. The molecule has 2 N–H and O–H groups in total. The van der Waals surface area contributed by atoms with Crippen molar-refractivity contribution in [3.05, 3.63) is 60.7 Å². The fourth-order valence-corrected chi connectivity index (χ4v) is 9.75. The first-order valence-corrected chi connectivity index (χ1v) is 29.0. The third kappa shape index (κ3) is 23.4. The Morgan fingerprint density at radius 2 is 1.31 bits per heavy atom. The highest BCUT2D eigenvalue weighted by atomic mass is 16.6. The minimum absolute atomic E-state index is 0.00436. The van der Waals surface area contributed by atoms with Gasteiger partial charge in [0.2, 0.25) is 29.5 Å². The van der Waals surface area contributed by atoms with Crippen LogP contribution >= 0.6 is 0 Å². The maximum absolute atomic E-state index is 14.6. The molecule has 8 atom stereocenters. The van der Waals surface area contributed by atoms with Gasteiger partial charge in [-0.05, 0) is 44.1 Å². The van der Waals surface area contributed by atoms with Gasteiger partial charge >= 0.3 is 5.97 Å². The zero-order valence-corrected chi connectivity index (χ0v) is 51.1. The van der Waals surface area contributed by atoms with Gasteiger partial charge in [0.25, 0.3) is 11.8 Å². The summed E-state index contributed by atoms with van der Waals surface area (Å²) in [6.45, 7) is 20.6. The van der Waals surface area contributed by atoms with E-state index in [1.54, 1.807) is 37.6 Å². The van der Waals surface area contributed by atoms with Crippen molar-refractivity contribution in [3.8, 4) is 0 Å². The van der Waals surface area contributed by atoms with Gasteiger partial charge in [0.1, 0.15) is 24.2 Å². The number of carbonyl (C=O) groups excluding carboxylic acids is 8. The Balaban J connectivity index is 1.45. The van der Waals surface area contributed by atoms with E-state index in [4.69, 9.17) is 42.6 Å². The number of rotatable bonds is 43. The van der Waals surface area contributed by atoms with Crippen molar-refractivity contribution in [3.63, 3.8) is 0 Å². The molecule has 1 aromatic rings. The van der Waals surface area contributed by atoms with Gasteiger partial charge in [-0.3, -0.25) is 38.5 Å². The van der Waals surface area contributed by atoms with Crippen LogP contribution in [0.2, 0.25) is 0 Å². The first-order chi connectivity index (χ1) is 39.7. The van der Waals surface area contributed by atoms with Crippen LogP contribution in [-0.4, -0.2) is 236 Å². The molecule has 83 heavy (non-hydrogen) atoms. The summed E-state index contributed by atoms with van der Waals surface area (Å²) in [6, 6.07) is 6.27. The SMILES string of the molecule is C=CCOC(=O)[C@H](Cc1ccccc1)NC(=O)[C@H](C)[C@@H](OC)C1CCCN1C(=O)C[C@@H](OC)[C@H]([C@@H](C)CC)N(C)C(=O)[C@@H](NC(=O)C(C)(C)N(C)C(=O)CCOCCOCCOCCOCCOCCOCCN1C(=O)C=CC1=O)C(C)C. The van der Waals surface area contributed by atoms with E-state index >= 15 is 0 Å². The minimum atomic E-state index is -1.36. The maximum atomic E-state index is 14.6. The highest BCUT2D eigenvalue weighted by Gasteiger charge is 2.44. The molecule has 2 heterocycles. The molecule has 0 radical (unpaired) electrons. The highest BCUT2D eigenvalue weighted by Crippen LogP contribution is 2.30. The van der Waals surface area contributed by atoms with Crippen molar-refractivity contribution >= 4 is 47.3 Å². The summed E-state index contributed by atoms with van der Waals surface area (Å²) >= 11 is 0. The smallest absolute Gasteiger partial charge is 0.329 e. The van der Waals surface area contributed by atoms with Gasteiger partial charge in [-0.25, -0.2) is 4.79 Å².